The van der Waals surface area contributed by atoms with Crippen molar-refractivity contribution in [3.8, 4) is 11.5 Å². The zero-order chi connectivity index (χ0) is 17.6. The van der Waals surface area contributed by atoms with E-state index >= 15 is 0 Å². The van der Waals surface area contributed by atoms with Gasteiger partial charge in [0.15, 0.2) is 11.5 Å². The highest BCUT2D eigenvalue weighted by molar-refractivity contribution is 5.95. The summed E-state index contributed by atoms with van der Waals surface area (Å²) < 4.78 is 10.6. The van der Waals surface area contributed by atoms with Crippen LogP contribution >= 0.6 is 0 Å². The number of piperazine rings is 1. The Balaban J connectivity index is 1.55. The highest BCUT2D eigenvalue weighted by atomic mass is 16.5. The molecule has 2 aliphatic rings. The predicted octanol–water partition coefficient (Wildman–Crippen LogP) is 1.40. The van der Waals surface area contributed by atoms with Crippen LogP contribution in [0.25, 0.3) is 0 Å². The quantitative estimate of drug-likeness (QED) is 0.821. The van der Waals surface area contributed by atoms with Gasteiger partial charge in [-0.15, -0.1) is 0 Å². The van der Waals surface area contributed by atoms with E-state index in [0.29, 0.717) is 17.1 Å². The van der Waals surface area contributed by atoms with Crippen molar-refractivity contribution < 1.29 is 19.2 Å². The van der Waals surface area contributed by atoms with Gasteiger partial charge in [0.2, 0.25) is 0 Å². The summed E-state index contributed by atoms with van der Waals surface area (Å²) >= 11 is 0. The Morgan fingerprint density at radius 1 is 1.16 bits per heavy atom. The molecule has 0 bridgehead atoms. The first-order chi connectivity index (χ1) is 12.2. The maximum absolute atomic E-state index is 12.8. The first kappa shape index (κ1) is 17.8. The fourth-order valence-electron chi connectivity index (χ4n) is 3.83. The van der Waals surface area contributed by atoms with Crippen LogP contribution in [0.5, 0.6) is 11.5 Å². The van der Waals surface area contributed by atoms with E-state index in [1.165, 1.54) is 25.8 Å². The summed E-state index contributed by atoms with van der Waals surface area (Å²) in [5, 5.41) is 0. The van der Waals surface area contributed by atoms with Crippen molar-refractivity contribution in [1.29, 1.82) is 0 Å². The van der Waals surface area contributed by atoms with Crippen molar-refractivity contribution in [3.05, 3.63) is 35.9 Å². The molecule has 0 saturated carbocycles. The van der Waals surface area contributed by atoms with Gasteiger partial charge in [0.25, 0.3) is 5.91 Å². The molecule has 25 heavy (non-hydrogen) atoms. The van der Waals surface area contributed by atoms with Crippen molar-refractivity contribution in [2.45, 2.75) is 19.3 Å². The molecule has 0 unspecified atom stereocenters. The lowest BCUT2D eigenvalue weighted by Gasteiger charge is -2.34. The molecule has 1 amide bonds. The summed E-state index contributed by atoms with van der Waals surface area (Å²) in [7, 11) is 3.19. The molecule has 136 valence electrons. The Labute approximate surface area is 150 Å². The minimum atomic E-state index is 0.0839. The van der Waals surface area contributed by atoms with Gasteiger partial charge in [0, 0.05) is 11.5 Å². The summed E-state index contributed by atoms with van der Waals surface area (Å²) in [6, 6.07) is 5.39. The maximum atomic E-state index is 12.8. The number of nitrogens with one attached hydrogen (secondary N) is 1. The zero-order valence-corrected chi connectivity index (χ0v) is 15.3. The molecule has 1 heterocycles. The van der Waals surface area contributed by atoms with Crippen molar-refractivity contribution >= 4 is 5.91 Å². The van der Waals surface area contributed by atoms with Crippen LogP contribution in [0.4, 0.5) is 0 Å². The number of hydrogen-bond donors (Lipinski definition) is 1. The number of carbonyl (C=O) groups is 1. The van der Waals surface area contributed by atoms with Gasteiger partial charge in [-0.1, -0.05) is 12.2 Å². The largest absolute Gasteiger partial charge is 0.493 e. The molecule has 1 aliphatic carbocycles. The molecule has 5 nitrogen and oxygen atoms in total. The molecule has 3 rings (SSSR count). The van der Waals surface area contributed by atoms with Crippen LogP contribution < -0.4 is 14.4 Å². The molecular weight excluding hydrogens is 316 g/mol. The number of carbonyl (C=O) groups excluding carboxylic acids is 1. The standard InChI is InChI=1S/C20H28N2O3/c1-24-18-9-8-17(14-19(18)25-2)20(23)22-12-10-21(11-13-22)15-16-6-4-3-5-7-16/h3-4,8-9,14,16H,5-7,10-13,15H2,1-2H3/p+1/t16-/m0/s1. The van der Waals surface area contributed by atoms with Crippen LogP contribution in [0.3, 0.4) is 0 Å². The highest BCUT2D eigenvalue weighted by Gasteiger charge is 2.27. The van der Waals surface area contributed by atoms with Crippen LogP contribution in [0, 0.1) is 5.92 Å². The number of amides is 1. The van der Waals surface area contributed by atoms with Crippen LogP contribution in [0.2, 0.25) is 0 Å². The second-order valence-electron chi connectivity index (χ2n) is 6.97. The number of rotatable bonds is 5. The molecule has 1 saturated heterocycles. The normalized spacial score (nSPS) is 21.2. The highest BCUT2D eigenvalue weighted by Crippen LogP contribution is 2.28. The molecule has 1 N–H and O–H groups in total. The smallest absolute Gasteiger partial charge is 0.254 e. The second kappa shape index (κ2) is 8.39. The SMILES string of the molecule is COc1ccc(C(=O)N2CC[NH+](C[C@H]3CC=CCC3)CC2)cc1OC. The lowest BCUT2D eigenvalue weighted by atomic mass is 9.94. The molecule has 0 aromatic heterocycles. The fourth-order valence-corrected chi connectivity index (χ4v) is 3.83. The number of methoxy groups -OCH3 is 2. The van der Waals surface area contributed by atoms with Gasteiger partial charge in [-0.2, -0.15) is 0 Å². The third kappa shape index (κ3) is 4.34. The second-order valence-corrected chi connectivity index (χ2v) is 6.97. The van der Waals surface area contributed by atoms with Crippen LogP contribution in [-0.4, -0.2) is 57.8 Å². The van der Waals surface area contributed by atoms with Gasteiger partial charge >= 0.3 is 0 Å². The van der Waals surface area contributed by atoms with Crippen molar-refractivity contribution in [3.63, 3.8) is 0 Å². The number of quaternary nitrogens is 1. The molecule has 0 radical (unpaired) electrons. The minimum absolute atomic E-state index is 0.0839. The third-order valence-corrected chi connectivity index (χ3v) is 5.34. The van der Waals surface area contributed by atoms with Gasteiger partial charge in [0.05, 0.1) is 46.9 Å². The zero-order valence-electron chi connectivity index (χ0n) is 15.3. The maximum Gasteiger partial charge on any atom is 0.254 e. The first-order valence-corrected chi connectivity index (χ1v) is 9.21. The Kier molecular flexibility index (Phi) is 5.97. The number of ether oxygens (including phenoxy) is 2. The van der Waals surface area contributed by atoms with E-state index in [0.717, 1.165) is 32.1 Å². The van der Waals surface area contributed by atoms with Crippen LogP contribution in [-0.2, 0) is 0 Å². The van der Waals surface area contributed by atoms with E-state index in [2.05, 4.69) is 12.2 Å². The number of allylic oxidation sites excluding steroid dienone is 2. The van der Waals surface area contributed by atoms with Gasteiger partial charge in [-0.25, -0.2) is 0 Å². The summed E-state index contributed by atoms with van der Waals surface area (Å²) in [5.74, 6) is 2.14. The summed E-state index contributed by atoms with van der Waals surface area (Å²) in [6.45, 7) is 4.97. The van der Waals surface area contributed by atoms with Crippen LogP contribution in [0.15, 0.2) is 30.4 Å². The van der Waals surface area contributed by atoms with Crippen molar-refractivity contribution in [2.75, 3.05) is 46.9 Å². The van der Waals surface area contributed by atoms with Gasteiger partial charge < -0.3 is 19.3 Å². The van der Waals surface area contributed by atoms with E-state index in [1.54, 1.807) is 31.3 Å². The molecule has 1 atom stereocenters. The monoisotopic (exact) mass is 345 g/mol. The lowest BCUT2D eigenvalue weighted by molar-refractivity contribution is -0.907. The van der Waals surface area contributed by atoms with E-state index < -0.39 is 0 Å². The van der Waals surface area contributed by atoms with E-state index in [1.807, 2.05) is 11.0 Å². The summed E-state index contributed by atoms with van der Waals surface area (Å²) in [4.78, 5) is 16.4. The summed E-state index contributed by atoms with van der Waals surface area (Å²) in [5.41, 5.74) is 0.665. The molecule has 1 aliphatic heterocycles. The Morgan fingerprint density at radius 3 is 2.56 bits per heavy atom. The molecule has 1 aromatic rings. The van der Waals surface area contributed by atoms with Gasteiger partial charge in [0.1, 0.15) is 0 Å². The Bertz CT molecular complexity index is 621. The topological polar surface area (TPSA) is 43.2 Å². The van der Waals surface area contributed by atoms with E-state index in [9.17, 15) is 4.79 Å². The van der Waals surface area contributed by atoms with Gasteiger partial charge in [-0.3, -0.25) is 4.79 Å². The third-order valence-electron chi connectivity index (χ3n) is 5.34. The predicted molar refractivity (Wildman–Crippen MR) is 97.5 cm³/mol. The number of hydrogen-bond acceptors (Lipinski definition) is 3. The molecule has 0 spiro atoms. The average molecular weight is 345 g/mol. The van der Waals surface area contributed by atoms with Crippen molar-refractivity contribution in [2.24, 2.45) is 5.92 Å². The van der Waals surface area contributed by atoms with E-state index in [4.69, 9.17) is 9.47 Å². The molecular formula is C20H29N2O3+. The first-order valence-electron chi connectivity index (χ1n) is 9.21. The fraction of sp³-hybridized carbons (Fsp3) is 0.550. The lowest BCUT2D eigenvalue weighted by Crippen LogP contribution is -3.15. The number of benzene rings is 1. The number of nitrogens with zero attached hydrogens (tertiary/aromatic N) is 1. The van der Waals surface area contributed by atoms with Gasteiger partial charge in [-0.05, 0) is 37.5 Å². The summed E-state index contributed by atoms with van der Waals surface area (Å²) in [6.07, 6.45) is 8.38. The molecule has 5 heteroatoms. The minimum Gasteiger partial charge on any atom is -0.493 e. The van der Waals surface area contributed by atoms with Crippen molar-refractivity contribution in [1.82, 2.24) is 4.90 Å². The van der Waals surface area contributed by atoms with E-state index in [-0.39, 0.29) is 5.91 Å². The Morgan fingerprint density at radius 2 is 1.92 bits per heavy atom. The van der Waals surface area contributed by atoms with Crippen LogP contribution in [0.1, 0.15) is 29.6 Å². The molecule has 1 fully saturated rings. The molecule has 1 aromatic carbocycles. The average Bonchev–Trinajstić information content (AvgIpc) is 2.68. The Hall–Kier alpha value is -2.01.